The molecule has 0 fully saturated rings. The molecule has 1 aromatic carbocycles. The van der Waals surface area contributed by atoms with Crippen molar-refractivity contribution in [2.45, 2.75) is 6.04 Å². The fourth-order valence-electron chi connectivity index (χ4n) is 2.80. The summed E-state index contributed by atoms with van der Waals surface area (Å²) in [6, 6.07) is 5.06. The first-order valence-corrected chi connectivity index (χ1v) is 8.27. The second kappa shape index (κ2) is 5.70. The van der Waals surface area contributed by atoms with Gasteiger partial charge in [0.1, 0.15) is 17.6 Å². The predicted octanol–water partition coefficient (Wildman–Crippen LogP) is 1.79. The van der Waals surface area contributed by atoms with Crippen molar-refractivity contribution in [3.63, 3.8) is 0 Å². The molecule has 8 nitrogen and oxygen atoms in total. The summed E-state index contributed by atoms with van der Waals surface area (Å²) in [5.74, 6) is -1.43. The first-order chi connectivity index (χ1) is 11.9. The molecule has 3 aliphatic heterocycles. The summed E-state index contributed by atoms with van der Waals surface area (Å²) >= 11 is 5.93. The first kappa shape index (κ1) is 15.8. The molecule has 0 saturated carbocycles. The Labute approximate surface area is 149 Å². The minimum atomic E-state index is -0.816. The van der Waals surface area contributed by atoms with Gasteiger partial charge in [-0.3, -0.25) is 19.8 Å². The van der Waals surface area contributed by atoms with Gasteiger partial charge in [-0.15, -0.1) is 0 Å². The van der Waals surface area contributed by atoms with Crippen LogP contribution in [-0.4, -0.2) is 31.8 Å². The number of aliphatic imine (C=N–C) groups is 2. The Hall–Kier alpha value is -2.66. The van der Waals surface area contributed by atoms with Gasteiger partial charge in [0, 0.05) is 11.8 Å². The zero-order valence-corrected chi connectivity index (χ0v) is 13.9. The van der Waals surface area contributed by atoms with E-state index in [1.165, 1.54) is 23.2 Å². The number of nitrogens with one attached hydrogen (secondary N) is 1. The summed E-state index contributed by atoms with van der Waals surface area (Å²) in [5, 5.41) is 14.1. The second-order valence-electron chi connectivity index (χ2n) is 5.36. The number of carbonyl (C=O) groups is 1. The highest BCUT2D eigenvalue weighted by Gasteiger charge is 2.47. The summed E-state index contributed by atoms with van der Waals surface area (Å²) in [4.78, 5) is 32.6. The van der Waals surface area contributed by atoms with E-state index >= 15 is 0 Å². The molecule has 0 spiro atoms. The summed E-state index contributed by atoms with van der Waals surface area (Å²) in [6.45, 7) is 0. The van der Waals surface area contributed by atoms with Crippen molar-refractivity contribution < 1.29 is 14.1 Å². The van der Waals surface area contributed by atoms with Crippen LogP contribution in [0.3, 0.4) is 0 Å². The van der Waals surface area contributed by atoms with Crippen LogP contribution in [0.2, 0.25) is 0 Å². The smallest absolute Gasteiger partial charge is 0.327 e. The summed E-state index contributed by atoms with van der Waals surface area (Å²) in [6.07, 6.45) is 1.28. The maximum atomic E-state index is 13.2. The number of amides is 1. The molecule has 126 valence electrons. The van der Waals surface area contributed by atoms with Crippen molar-refractivity contribution in [1.29, 1.82) is 0 Å². The number of carbonyl (C=O) groups excluding carboxylic acids is 1. The molecular weight excluding hydrogens is 369 g/mol. The van der Waals surface area contributed by atoms with E-state index < -0.39 is 28.6 Å². The largest absolute Gasteiger partial charge is 0.353 e. The van der Waals surface area contributed by atoms with E-state index in [9.17, 15) is 19.3 Å². The maximum Gasteiger partial charge on any atom is 0.327 e. The van der Waals surface area contributed by atoms with E-state index in [1.54, 1.807) is 12.1 Å². The van der Waals surface area contributed by atoms with Crippen molar-refractivity contribution >= 4 is 46.0 Å². The Kier molecular flexibility index (Phi) is 3.62. The van der Waals surface area contributed by atoms with Gasteiger partial charge in [-0.2, -0.15) is 4.99 Å². The number of hydrogen-bond donors (Lipinski definition) is 1. The van der Waals surface area contributed by atoms with Gasteiger partial charge in [0.05, 0.1) is 17.2 Å². The Morgan fingerprint density at radius 2 is 2.04 bits per heavy atom. The lowest BCUT2D eigenvalue weighted by molar-refractivity contribution is -0.410. The fourth-order valence-corrected chi connectivity index (χ4v) is 3.82. The van der Waals surface area contributed by atoms with E-state index in [-0.39, 0.29) is 21.1 Å². The van der Waals surface area contributed by atoms with E-state index in [1.807, 2.05) is 0 Å². The molecule has 0 saturated heterocycles. The standard InChI is InChI=1S/C14H8FN5O3S2/c15-7-3-1-6(2-4-7)10-9-11(17-13(24)16-10)19-5-8(20(22)23)25-14(19)18-12(9)21/h1-5,9-10H,(H,16,24). The number of nitrogens with zero attached hydrogens (tertiary/aromatic N) is 4. The number of hydrogen-bond acceptors (Lipinski definition) is 6. The molecule has 0 radical (unpaired) electrons. The van der Waals surface area contributed by atoms with Gasteiger partial charge in [0.25, 0.3) is 5.91 Å². The van der Waals surface area contributed by atoms with Crippen molar-refractivity contribution in [2.24, 2.45) is 15.9 Å². The highest BCUT2D eigenvalue weighted by Crippen LogP contribution is 2.38. The quantitative estimate of drug-likeness (QED) is 0.476. The van der Waals surface area contributed by atoms with E-state index in [4.69, 9.17) is 12.2 Å². The normalized spacial score (nSPS) is 24.7. The number of thioether (sulfide) groups is 1. The zero-order chi connectivity index (χ0) is 17.7. The number of nitro groups is 1. The van der Waals surface area contributed by atoms with Gasteiger partial charge in [-0.25, -0.2) is 9.38 Å². The highest BCUT2D eigenvalue weighted by molar-refractivity contribution is 8.17. The third kappa shape index (κ3) is 2.61. The lowest BCUT2D eigenvalue weighted by atomic mass is 9.89. The second-order valence-corrected chi connectivity index (χ2v) is 6.73. The minimum Gasteiger partial charge on any atom is -0.353 e. The number of fused-ring (bicyclic) bond motifs is 3. The Bertz CT molecular complexity index is 912. The maximum absolute atomic E-state index is 13.2. The molecule has 1 aromatic rings. The van der Waals surface area contributed by atoms with Crippen LogP contribution in [0, 0.1) is 21.8 Å². The molecule has 1 N–H and O–H groups in total. The molecule has 2 unspecified atom stereocenters. The van der Waals surface area contributed by atoms with Gasteiger partial charge in [-0.05, 0) is 29.9 Å². The molecular formula is C14H8FN5O3S2. The number of benzene rings is 1. The van der Waals surface area contributed by atoms with E-state index in [2.05, 4.69) is 15.3 Å². The van der Waals surface area contributed by atoms with Crippen LogP contribution in [0.4, 0.5) is 4.39 Å². The molecule has 0 aromatic heterocycles. The zero-order valence-electron chi connectivity index (χ0n) is 12.2. The van der Waals surface area contributed by atoms with E-state index in [0.29, 0.717) is 5.56 Å². The van der Waals surface area contributed by atoms with Crippen LogP contribution in [0.15, 0.2) is 45.5 Å². The van der Waals surface area contributed by atoms with Gasteiger partial charge in [0.15, 0.2) is 10.3 Å². The van der Waals surface area contributed by atoms with Crippen LogP contribution >= 0.6 is 24.0 Å². The molecule has 0 bridgehead atoms. The Morgan fingerprint density at radius 1 is 1.32 bits per heavy atom. The van der Waals surface area contributed by atoms with Crippen molar-refractivity contribution in [3.05, 3.63) is 57.0 Å². The average Bonchev–Trinajstić information content (AvgIpc) is 2.99. The third-order valence-electron chi connectivity index (χ3n) is 3.88. The Balaban J connectivity index is 1.79. The van der Waals surface area contributed by atoms with Crippen LogP contribution in [0.1, 0.15) is 11.6 Å². The predicted molar refractivity (Wildman–Crippen MR) is 92.7 cm³/mol. The topological polar surface area (TPSA) is 100 Å². The van der Waals surface area contributed by atoms with Gasteiger partial charge >= 0.3 is 5.03 Å². The van der Waals surface area contributed by atoms with Gasteiger partial charge < -0.3 is 5.32 Å². The van der Waals surface area contributed by atoms with Crippen molar-refractivity contribution in [3.8, 4) is 0 Å². The molecule has 3 aliphatic rings. The highest BCUT2D eigenvalue weighted by atomic mass is 32.2. The summed E-state index contributed by atoms with van der Waals surface area (Å²) in [5.41, 5.74) is 0.637. The van der Waals surface area contributed by atoms with Gasteiger partial charge in [0.2, 0.25) is 0 Å². The van der Waals surface area contributed by atoms with Crippen LogP contribution in [0.5, 0.6) is 0 Å². The van der Waals surface area contributed by atoms with Crippen LogP contribution < -0.4 is 5.32 Å². The van der Waals surface area contributed by atoms with Gasteiger partial charge in [-0.1, -0.05) is 12.1 Å². The molecule has 2 atom stereocenters. The average molecular weight is 377 g/mol. The molecule has 25 heavy (non-hydrogen) atoms. The number of thiocarbonyl (C=S) groups is 1. The Morgan fingerprint density at radius 3 is 2.72 bits per heavy atom. The lowest BCUT2D eigenvalue weighted by Crippen LogP contribution is -2.52. The molecule has 3 heterocycles. The van der Waals surface area contributed by atoms with E-state index in [0.717, 1.165) is 11.8 Å². The first-order valence-electron chi connectivity index (χ1n) is 7.04. The fraction of sp³-hybridized carbons (Fsp3) is 0.143. The number of amidine groups is 2. The van der Waals surface area contributed by atoms with Crippen LogP contribution in [0.25, 0.3) is 0 Å². The molecule has 11 heteroatoms. The number of rotatable bonds is 2. The lowest BCUT2D eigenvalue weighted by Gasteiger charge is -2.36. The number of halogens is 1. The van der Waals surface area contributed by atoms with Crippen molar-refractivity contribution in [1.82, 2.24) is 10.2 Å². The third-order valence-corrected chi connectivity index (χ3v) is 5.02. The summed E-state index contributed by atoms with van der Waals surface area (Å²) in [7, 11) is 0. The van der Waals surface area contributed by atoms with Crippen molar-refractivity contribution in [2.75, 3.05) is 0 Å². The minimum absolute atomic E-state index is 0.141. The summed E-state index contributed by atoms with van der Waals surface area (Å²) < 4.78 is 13.2. The molecule has 4 rings (SSSR count). The molecule has 1 amide bonds. The monoisotopic (exact) mass is 377 g/mol. The SMILES string of the molecule is O=C1N=C2SC([N+](=O)[O-])=CN2C2=NC(=S)NC(c3ccc(F)cc3)C12. The van der Waals surface area contributed by atoms with Crippen LogP contribution in [-0.2, 0) is 4.79 Å². The molecule has 0 aliphatic carbocycles.